The number of phenolic OH excluding ortho intramolecular Hbond substituents is 1. The summed E-state index contributed by atoms with van der Waals surface area (Å²) < 4.78 is 16.7. The molecule has 0 spiro atoms. The Morgan fingerprint density at radius 2 is 1.52 bits per heavy atom. The van der Waals surface area contributed by atoms with Gasteiger partial charge in [0.1, 0.15) is 39.6 Å². The van der Waals surface area contributed by atoms with Crippen LogP contribution in [0.1, 0.15) is 101 Å². The third-order valence-electron chi connectivity index (χ3n) is 12.3. The summed E-state index contributed by atoms with van der Waals surface area (Å²) in [5.41, 5.74) is 1.37. The van der Waals surface area contributed by atoms with Crippen molar-refractivity contribution < 1.29 is 58.0 Å². The fraction of sp³-hybridized carbons (Fsp3) is 0.418. The van der Waals surface area contributed by atoms with E-state index in [0.717, 1.165) is 4.57 Å². The number of carboxylic acid groups (broad SMARTS) is 1. The van der Waals surface area contributed by atoms with E-state index >= 15 is 9.59 Å². The van der Waals surface area contributed by atoms with E-state index in [2.05, 4.69) is 26.6 Å². The number of pyridine rings is 1. The molecule has 3 heterocycles. The van der Waals surface area contributed by atoms with Gasteiger partial charge in [-0.25, -0.2) is 24.2 Å². The number of benzene rings is 3. The Morgan fingerprint density at radius 3 is 2.18 bits per heavy atom. The van der Waals surface area contributed by atoms with E-state index in [0.29, 0.717) is 67.9 Å². The zero-order valence-electron chi connectivity index (χ0n) is 44.4. The van der Waals surface area contributed by atoms with Crippen LogP contribution in [0.25, 0.3) is 22.0 Å². The number of carbonyl (C=O) groups excluding carboxylic acids is 6. The monoisotopic (exact) mass is 1100 g/mol. The summed E-state index contributed by atoms with van der Waals surface area (Å²) >= 11 is 8.29. The molecule has 412 valence electrons. The molecule has 7 N–H and O–H groups in total. The second-order valence-corrected chi connectivity index (χ2v) is 21.8. The molecule has 1 aliphatic heterocycles. The van der Waals surface area contributed by atoms with Gasteiger partial charge in [-0.15, -0.1) is 0 Å². The Bertz CT molecular complexity index is 2990. The topological polar surface area (TPSA) is 269 Å². The minimum absolute atomic E-state index is 0.0706. The third kappa shape index (κ3) is 16.1. The minimum Gasteiger partial charge on any atom is -0.507 e. The van der Waals surface area contributed by atoms with Gasteiger partial charge in [0.05, 0.1) is 23.7 Å². The highest BCUT2D eigenvalue weighted by Crippen LogP contribution is 2.42. The fourth-order valence-electron chi connectivity index (χ4n) is 8.64. The number of fused-ring (bicyclic) bond motifs is 3. The number of alkyl carbamates (subject to hydrolysis) is 2. The predicted molar refractivity (Wildman–Crippen MR) is 290 cm³/mol. The highest BCUT2D eigenvalue weighted by Gasteiger charge is 2.35. The molecule has 3 aromatic carbocycles. The van der Waals surface area contributed by atoms with E-state index in [1.54, 1.807) is 96.3 Å². The van der Waals surface area contributed by atoms with E-state index in [1.165, 1.54) is 49.1 Å². The number of unbranched alkanes of at least 4 members (excludes halogenated alkanes) is 1. The Morgan fingerprint density at radius 1 is 0.844 bits per heavy atom. The van der Waals surface area contributed by atoms with Crippen LogP contribution in [0.3, 0.4) is 0 Å². The van der Waals surface area contributed by atoms with Gasteiger partial charge in [0, 0.05) is 62.3 Å². The lowest BCUT2D eigenvalue weighted by atomic mass is 9.97. The molecule has 20 nitrogen and oxygen atoms in total. The van der Waals surface area contributed by atoms with Crippen molar-refractivity contribution in [1.82, 2.24) is 41.0 Å². The number of halogens is 1. The number of likely N-dealkylation sites (N-methyl/N-ethyl adjacent to an activating group) is 1. The number of nitrogens with one attached hydrogen (secondary N) is 5. The van der Waals surface area contributed by atoms with E-state index in [-0.39, 0.29) is 61.8 Å². The molecule has 5 amide bonds. The van der Waals surface area contributed by atoms with Crippen molar-refractivity contribution >= 4 is 76.2 Å². The van der Waals surface area contributed by atoms with E-state index in [4.69, 9.17) is 30.8 Å². The number of rotatable bonds is 13. The Hall–Kier alpha value is -7.36. The lowest BCUT2D eigenvalue weighted by Crippen LogP contribution is -2.57. The zero-order valence-corrected chi connectivity index (χ0v) is 46.0. The van der Waals surface area contributed by atoms with Crippen LogP contribution >= 0.6 is 23.4 Å². The van der Waals surface area contributed by atoms with E-state index in [9.17, 15) is 34.2 Å². The number of amides is 5. The number of ether oxygens (including phenoxy) is 3. The number of hydrogen-bond acceptors (Lipinski definition) is 14. The molecule has 0 fully saturated rings. The van der Waals surface area contributed by atoms with Crippen molar-refractivity contribution in [3.05, 3.63) is 106 Å². The van der Waals surface area contributed by atoms with E-state index in [1.807, 2.05) is 6.07 Å². The number of phenols is 1. The van der Waals surface area contributed by atoms with Crippen molar-refractivity contribution in [2.75, 3.05) is 27.2 Å². The summed E-state index contributed by atoms with van der Waals surface area (Å²) in [6, 6.07) is 14.7. The van der Waals surface area contributed by atoms with Gasteiger partial charge in [0.15, 0.2) is 0 Å². The number of esters is 1. The van der Waals surface area contributed by atoms with Crippen molar-refractivity contribution in [3.8, 4) is 16.9 Å². The molecule has 6 rings (SSSR count). The largest absolute Gasteiger partial charge is 0.507 e. The molecule has 0 saturated heterocycles. The summed E-state index contributed by atoms with van der Waals surface area (Å²) in [5, 5.41) is 37.4. The molecule has 0 radical (unpaired) electrons. The average molecular weight is 1100 g/mol. The quantitative estimate of drug-likeness (QED) is 0.0333. The Labute approximate surface area is 456 Å². The second-order valence-electron chi connectivity index (χ2n) is 20.4. The minimum atomic E-state index is -1.32. The first-order valence-corrected chi connectivity index (χ1v) is 26.3. The normalized spacial score (nSPS) is 16.8. The van der Waals surface area contributed by atoms with Crippen LogP contribution in [0.5, 0.6) is 5.75 Å². The predicted octanol–water partition coefficient (Wildman–Crippen LogP) is 8.17. The van der Waals surface area contributed by atoms with Crippen molar-refractivity contribution in [2.24, 2.45) is 0 Å². The van der Waals surface area contributed by atoms with Gasteiger partial charge in [0.25, 0.3) is 0 Å². The molecule has 3 atom stereocenters. The van der Waals surface area contributed by atoms with Gasteiger partial charge in [-0.2, -0.15) is 0 Å². The third-order valence-corrected chi connectivity index (χ3v) is 14.0. The molecule has 2 aromatic heterocycles. The van der Waals surface area contributed by atoms with Crippen LogP contribution in [0.2, 0.25) is 5.02 Å². The smallest absolute Gasteiger partial charge is 0.416 e. The van der Waals surface area contributed by atoms with Gasteiger partial charge in [-0.1, -0.05) is 59.8 Å². The Kier molecular flexibility index (Phi) is 20.0. The molecular formula is C55H67ClN8O12S. The van der Waals surface area contributed by atoms with Crippen LogP contribution in [0.15, 0.2) is 89.0 Å². The lowest BCUT2D eigenvalue weighted by molar-refractivity contribution is -0.142. The van der Waals surface area contributed by atoms with Gasteiger partial charge in [-0.05, 0) is 132 Å². The van der Waals surface area contributed by atoms with Crippen LogP contribution in [-0.4, -0.2) is 123 Å². The highest BCUT2D eigenvalue weighted by atomic mass is 35.5. The number of nitrogens with zero attached hydrogens (tertiary/aromatic N) is 3. The number of aromatic nitrogens is 2. The average Bonchev–Trinajstić information content (AvgIpc) is 3.76. The number of para-hydroxylation sites is 1. The lowest BCUT2D eigenvalue weighted by Gasteiger charge is -2.32. The number of hydrogen-bond donors (Lipinski definition) is 7. The maximum Gasteiger partial charge on any atom is 0.416 e. The van der Waals surface area contributed by atoms with Gasteiger partial charge in [-0.3, -0.25) is 19.0 Å². The molecule has 5 aromatic rings. The van der Waals surface area contributed by atoms with Crippen LogP contribution in [0, 0.1) is 0 Å². The Balaban J connectivity index is 1.46. The van der Waals surface area contributed by atoms with Gasteiger partial charge >= 0.3 is 24.2 Å². The molecule has 0 saturated carbocycles. The molecule has 77 heavy (non-hydrogen) atoms. The number of methoxy groups -OCH3 is 1. The summed E-state index contributed by atoms with van der Waals surface area (Å²) in [4.78, 5) is 102. The second kappa shape index (κ2) is 26.1. The van der Waals surface area contributed by atoms with Crippen molar-refractivity contribution in [2.45, 2.75) is 132 Å². The van der Waals surface area contributed by atoms with Gasteiger partial charge < -0.3 is 55.9 Å². The standard InChI is InChI=1S/C55H67ClN8O12S/c1-54(2,3)75-51(70)58-24-12-11-17-41-49(68)63(7)43(27-34-31-64(53(72)73)42-19-10-9-16-36(34)42)47(67)61-30-38-35(32-20-21-37(44(65)28-32)50(69)74-8)22-23-39(56)45(38)77-48-33(15-13-25-57-48)29-60-40(46(66)62-41)18-14-26-59-52(71)76-55(4,5)6/h9-10,13,15-16,19-23,25,28,31,40-41,43,60,65H,11-12,14,17-18,24,26-27,29-30H2,1-8H3,(H,58,70)(H,59,71)(H,61,67)(H,62,66)(H,72,73)/t40-,41-,43-/m0/s1. The molecule has 1 aliphatic rings. The molecule has 22 heteroatoms. The van der Waals surface area contributed by atoms with Crippen LogP contribution in [0.4, 0.5) is 14.4 Å². The fourth-order valence-corrected chi connectivity index (χ4v) is 9.98. The SMILES string of the molecule is COC(=O)c1ccc(-c2ccc(Cl)c3c2CNC(=O)[C@H](Cc2cn(C(=O)O)c4ccccc24)N(C)C(=O)[C@H](CCCCNC(=O)OC(C)(C)C)NC(=O)[C@H](CCCNC(=O)OC(C)(C)C)NCc2cccnc2S3)cc1O. The first kappa shape index (κ1) is 58.9. The van der Waals surface area contributed by atoms with Crippen molar-refractivity contribution in [3.63, 3.8) is 0 Å². The van der Waals surface area contributed by atoms with Gasteiger partial charge in [0.2, 0.25) is 17.7 Å². The maximum absolute atomic E-state index is 15.2. The number of carbonyl (C=O) groups is 7. The van der Waals surface area contributed by atoms with Crippen LogP contribution < -0.4 is 26.6 Å². The molecule has 0 aliphatic carbocycles. The first-order chi connectivity index (χ1) is 36.4. The molecule has 0 unspecified atom stereocenters. The molecule has 0 bridgehead atoms. The van der Waals surface area contributed by atoms with Crippen LogP contribution in [-0.2, 0) is 48.1 Å². The maximum atomic E-state index is 15.2. The zero-order chi connectivity index (χ0) is 56.2. The summed E-state index contributed by atoms with van der Waals surface area (Å²) in [6.45, 7) is 10.7. The highest BCUT2D eigenvalue weighted by molar-refractivity contribution is 7.99. The number of aromatic hydroxyl groups is 1. The summed E-state index contributed by atoms with van der Waals surface area (Å²) in [5.74, 6) is -2.94. The molecular weight excluding hydrogens is 1030 g/mol. The summed E-state index contributed by atoms with van der Waals surface area (Å²) in [6.07, 6.45) is 1.61. The van der Waals surface area contributed by atoms with E-state index < -0.39 is 71.3 Å². The summed E-state index contributed by atoms with van der Waals surface area (Å²) in [7, 11) is 2.64. The van der Waals surface area contributed by atoms with Crippen molar-refractivity contribution in [1.29, 1.82) is 0 Å². The first-order valence-electron chi connectivity index (χ1n) is 25.1.